The Balaban J connectivity index is 2.01. The maximum absolute atomic E-state index is 13.1. The normalized spacial score (nSPS) is 12.4. The molecule has 0 aliphatic rings. The van der Waals surface area contributed by atoms with E-state index in [2.05, 4.69) is 0 Å². The first kappa shape index (κ1) is 12.7. The van der Waals surface area contributed by atoms with Gasteiger partial charge in [-0.3, -0.25) is 0 Å². The van der Waals surface area contributed by atoms with Crippen LogP contribution in [0.25, 0.3) is 0 Å². The average Bonchev–Trinajstić information content (AvgIpc) is 2.36. The molecule has 1 atom stereocenters. The molecule has 0 saturated heterocycles. The van der Waals surface area contributed by atoms with Crippen molar-refractivity contribution in [3.8, 4) is 0 Å². The van der Waals surface area contributed by atoms with Crippen LogP contribution in [0.4, 0.5) is 8.78 Å². The van der Waals surface area contributed by atoms with Crippen LogP contribution in [0.5, 0.6) is 0 Å². The summed E-state index contributed by atoms with van der Waals surface area (Å²) in [7, 11) is 0. The van der Waals surface area contributed by atoms with Gasteiger partial charge in [-0.15, -0.1) is 0 Å². The van der Waals surface area contributed by atoms with Crippen LogP contribution in [0.15, 0.2) is 48.5 Å². The van der Waals surface area contributed by atoms with E-state index in [4.69, 9.17) is 5.73 Å². The van der Waals surface area contributed by atoms with Gasteiger partial charge >= 0.3 is 0 Å². The zero-order valence-electron chi connectivity index (χ0n) is 9.94. The average molecular weight is 247 g/mol. The summed E-state index contributed by atoms with van der Waals surface area (Å²) in [4.78, 5) is 0. The third kappa shape index (κ3) is 3.37. The molecule has 0 spiro atoms. The molecule has 1 nitrogen and oxygen atoms in total. The second-order valence-corrected chi connectivity index (χ2v) is 4.33. The standard InChI is InChI=1S/C15H15F2N/c16-13-8-12(9-14(17)10-13)15(18)7-6-11-4-2-1-3-5-11/h1-5,8-10,15H,6-7,18H2. The van der Waals surface area contributed by atoms with Gasteiger partial charge in [0.05, 0.1) is 0 Å². The molecule has 0 aliphatic carbocycles. The fraction of sp³-hybridized carbons (Fsp3) is 0.200. The largest absolute Gasteiger partial charge is 0.324 e. The smallest absolute Gasteiger partial charge is 0.126 e. The van der Waals surface area contributed by atoms with E-state index in [0.29, 0.717) is 12.0 Å². The van der Waals surface area contributed by atoms with Crippen LogP contribution in [0, 0.1) is 11.6 Å². The molecule has 0 radical (unpaired) electrons. The second-order valence-electron chi connectivity index (χ2n) is 4.33. The summed E-state index contributed by atoms with van der Waals surface area (Å²) in [6, 6.07) is 13.0. The van der Waals surface area contributed by atoms with Crippen molar-refractivity contribution in [2.45, 2.75) is 18.9 Å². The number of hydrogen-bond donors (Lipinski definition) is 1. The molecular formula is C15H15F2N. The third-order valence-corrected chi connectivity index (χ3v) is 2.90. The summed E-state index contributed by atoms with van der Waals surface area (Å²) < 4.78 is 26.1. The first-order valence-corrected chi connectivity index (χ1v) is 5.90. The van der Waals surface area contributed by atoms with Crippen molar-refractivity contribution >= 4 is 0 Å². The Morgan fingerprint density at radius 3 is 2.17 bits per heavy atom. The van der Waals surface area contributed by atoms with Gasteiger partial charge in [-0.2, -0.15) is 0 Å². The van der Waals surface area contributed by atoms with E-state index < -0.39 is 11.6 Å². The Hall–Kier alpha value is -1.74. The van der Waals surface area contributed by atoms with Crippen molar-refractivity contribution in [3.63, 3.8) is 0 Å². The van der Waals surface area contributed by atoms with Gasteiger partial charge in [0, 0.05) is 12.1 Å². The van der Waals surface area contributed by atoms with Crippen molar-refractivity contribution in [1.82, 2.24) is 0 Å². The molecule has 1 unspecified atom stereocenters. The van der Waals surface area contributed by atoms with Crippen LogP contribution < -0.4 is 5.73 Å². The molecule has 0 amide bonds. The number of aryl methyl sites for hydroxylation is 1. The van der Waals surface area contributed by atoms with E-state index in [0.717, 1.165) is 12.5 Å². The summed E-state index contributed by atoms with van der Waals surface area (Å²) in [5.41, 5.74) is 7.62. The van der Waals surface area contributed by atoms with Crippen LogP contribution in [0.1, 0.15) is 23.6 Å². The molecule has 0 fully saturated rings. The summed E-state index contributed by atoms with van der Waals surface area (Å²) in [6.07, 6.45) is 1.45. The lowest BCUT2D eigenvalue weighted by Gasteiger charge is -2.12. The molecule has 0 heterocycles. The Bertz CT molecular complexity index is 491. The Morgan fingerprint density at radius 2 is 1.56 bits per heavy atom. The van der Waals surface area contributed by atoms with Gasteiger partial charge in [-0.05, 0) is 36.1 Å². The van der Waals surface area contributed by atoms with E-state index in [-0.39, 0.29) is 6.04 Å². The Kier molecular flexibility index (Phi) is 4.05. The molecule has 94 valence electrons. The van der Waals surface area contributed by atoms with Crippen LogP contribution in [-0.2, 0) is 6.42 Å². The molecule has 0 bridgehead atoms. The molecule has 3 heteroatoms. The number of benzene rings is 2. The molecule has 0 aliphatic heterocycles. The fourth-order valence-electron chi connectivity index (χ4n) is 1.92. The molecule has 2 rings (SSSR count). The molecule has 0 aromatic heterocycles. The van der Waals surface area contributed by atoms with Gasteiger partial charge in [0.2, 0.25) is 0 Å². The van der Waals surface area contributed by atoms with Gasteiger partial charge in [-0.1, -0.05) is 30.3 Å². The highest BCUT2D eigenvalue weighted by Gasteiger charge is 2.09. The van der Waals surface area contributed by atoms with Crippen molar-refractivity contribution in [3.05, 3.63) is 71.3 Å². The quantitative estimate of drug-likeness (QED) is 0.877. The minimum atomic E-state index is -0.583. The van der Waals surface area contributed by atoms with Gasteiger partial charge in [0.1, 0.15) is 11.6 Å². The van der Waals surface area contributed by atoms with Crippen LogP contribution >= 0.6 is 0 Å². The zero-order chi connectivity index (χ0) is 13.0. The van der Waals surface area contributed by atoms with E-state index in [1.54, 1.807) is 0 Å². The predicted octanol–water partition coefficient (Wildman–Crippen LogP) is 3.60. The van der Waals surface area contributed by atoms with Crippen LogP contribution in [-0.4, -0.2) is 0 Å². The van der Waals surface area contributed by atoms with E-state index in [9.17, 15) is 8.78 Å². The molecule has 2 aromatic rings. The molecule has 18 heavy (non-hydrogen) atoms. The van der Waals surface area contributed by atoms with Crippen LogP contribution in [0.3, 0.4) is 0 Å². The highest BCUT2D eigenvalue weighted by Crippen LogP contribution is 2.19. The lowest BCUT2D eigenvalue weighted by atomic mass is 9.99. The molecule has 2 aromatic carbocycles. The number of halogens is 2. The highest BCUT2D eigenvalue weighted by molar-refractivity contribution is 5.22. The SMILES string of the molecule is NC(CCc1ccccc1)c1cc(F)cc(F)c1. The van der Waals surface area contributed by atoms with Crippen molar-refractivity contribution in [1.29, 1.82) is 0 Å². The second kappa shape index (κ2) is 5.74. The topological polar surface area (TPSA) is 26.0 Å². The van der Waals surface area contributed by atoms with E-state index in [1.165, 1.54) is 17.7 Å². The number of nitrogens with two attached hydrogens (primary N) is 1. The molecular weight excluding hydrogens is 232 g/mol. The highest BCUT2D eigenvalue weighted by atomic mass is 19.1. The Morgan fingerprint density at radius 1 is 0.944 bits per heavy atom. The summed E-state index contributed by atoms with van der Waals surface area (Å²) in [5.74, 6) is -1.17. The fourth-order valence-corrected chi connectivity index (χ4v) is 1.92. The lowest BCUT2D eigenvalue weighted by Crippen LogP contribution is -2.12. The van der Waals surface area contributed by atoms with Crippen molar-refractivity contribution in [2.75, 3.05) is 0 Å². The minimum absolute atomic E-state index is 0.351. The van der Waals surface area contributed by atoms with E-state index in [1.807, 2.05) is 30.3 Å². The first-order valence-electron chi connectivity index (χ1n) is 5.90. The minimum Gasteiger partial charge on any atom is -0.324 e. The van der Waals surface area contributed by atoms with Crippen molar-refractivity contribution in [2.24, 2.45) is 5.73 Å². The lowest BCUT2D eigenvalue weighted by molar-refractivity contribution is 0.567. The molecule has 0 saturated carbocycles. The summed E-state index contributed by atoms with van der Waals surface area (Å²) in [6.45, 7) is 0. The maximum Gasteiger partial charge on any atom is 0.126 e. The van der Waals surface area contributed by atoms with E-state index >= 15 is 0 Å². The van der Waals surface area contributed by atoms with Crippen molar-refractivity contribution < 1.29 is 8.78 Å². The summed E-state index contributed by atoms with van der Waals surface area (Å²) in [5, 5.41) is 0. The van der Waals surface area contributed by atoms with Gasteiger partial charge in [0.25, 0.3) is 0 Å². The zero-order valence-corrected chi connectivity index (χ0v) is 9.94. The van der Waals surface area contributed by atoms with Crippen LogP contribution in [0.2, 0.25) is 0 Å². The van der Waals surface area contributed by atoms with Gasteiger partial charge in [0.15, 0.2) is 0 Å². The molecule has 2 N–H and O–H groups in total. The maximum atomic E-state index is 13.1. The predicted molar refractivity (Wildman–Crippen MR) is 68.0 cm³/mol. The summed E-state index contributed by atoms with van der Waals surface area (Å²) >= 11 is 0. The monoisotopic (exact) mass is 247 g/mol. The Labute approximate surface area is 105 Å². The number of rotatable bonds is 4. The van der Waals surface area contributed by atoms with Gasteiger partial charge < -0.3 is 5.73 Å². The third-order valence-electron chi connectivity index (χ3n) is 2.90. The number of hydrogen-bond acceptors (Lipinski definition) is 1. The first-order chi connectivity index (χ1) is 8.65. The van der Waals surface area contributed by atoms with Gasteiger partial charge in [-0.25, -0.2) is 8.78 Å².